The Hall–Kier alpha value is -1.92. The number of carboxylic acids is 1. The second-order valence-electron chi connectivity index (χ2n) is 6.58. The Kier molecular flexibility index (Phi) is 11.4. The van der Waals surface area contributed by atoms with Crippen molar-refractivity contribution >= 4 is 17.6 Å². The summed E-state index contributed by atoms with van der Waals surface area (Å²) in [6.07, 6.45) is 1.22. The SMILES string of the molecule is CC(=O)O.CN1CCCN(C(c2ccccc2)c2ccc(Cl)cc2)CC1.CO. The van der Waals surface area contributed by atoms with Crippen molar-refractivity contribution in [1.29, 1.82) is 0 Å². The van der Waals surface area contributed by atoms with Crippen molar-refractivity contribution in [2.75, 3.05) is 40.3 Å². The molecule has 6 heteroatoms. The smallest absolute Gasteiger partial charge is 0.300 e. The summed E-state index contributed by atoms with van der Waals surface area (Å²) in [5, 5.41) is 15.2. The van der Waals surface area contributed by atoms with E-state index in [4.69, 9.17) is 26.6 Å². The first-order valence-electron chi connectivity index (χ1n) is 9.34. The average molecular weight is 407 g/mol. The fourth-order valence-corrected chi connectivity index (χ4v) is 3.35. The van der Waals surface area contributed by atoms with Gasteiger partial charge in [0.05, 0.1) is 6.04 Å². The van der Waals surface area contributed by atoms with Crippen molar-refractivity contribution in [2.24, 2.45) is 0 Å². The second kappa shape index (κ2) is 13.3. The first kappa shape index (κ1) is 24.1. The number of carboxylic acid groups (broad SMARTS) is 1. The van der Waals surface area contributed by atoms with Crippen LogP contribution >= 0.6 is 11.6 Å². The largest absolute Gasteiger partial charge is 0.481 e. The van der Waals surface area contributed by atoms with Gasteiger partial charge in [0.25, 0.3) is 5.97 Å². The van der Waals surface area contributed by atoms with Gasteiger partial charge >= 0.3 is 0 Å². The molecule has 28 heavy (non-hydrogen) atoms. The van der Waals surface area contributed by atoms with Crippen molar-refractivity contribution in [2.45, 2.75) is 19.4 Å². The summed E-state index contributed by atoms with van der Waals surface area (Å²) in [5.74, 6) is -0.833. The molecule has 2 aromatic rings. The molecule has 1 unspecified atom stereocenters. The Morgan fingerprint density at radius 1 is 0.929 bits per heavy atom. The lowest BCUT2D eigenvalue weighted by atomic mass is 9.97. The molecule has 1 heterocycles. The molecule has 2 N–H and O–H groups in total. The molecule has 5 nitrogen and oxygen atoms in total. The minimum Gasteiger partial charge on any atom is -0.481 e. The van der Waals surface area contributed by atoms with Crippen LogP contribution in [0.4, 0.5) is 0 Å². The van der Waals surface area contributed by atoms with Crippen LogP contribution in [0.25, 0.3) is 0 Å². The number of aliphatic hydroxyl groups excluding tert-OH is 1. The third-order valence-corrected chi connectivity index (χ3v) is 4.67. The maximum Gasteiger partial charge on any atom is 0.300 e. The van der Waals surface area contributed by atoms with Crippen LogP contribution in [0.2, 0.25) is 5.02 Å². The van der Waals surface area contributed by atoms with Gasteiger partial charge < -0.3 is 15.1 Å². The van der Waals surface area contributed by atoms with E-state index in [2.05, 4.69) is 59.3 Å². The summed E-state index contributed by atoms with van der Waals surface area (Å²) in [6.45, 7) is 5.61. The molecule has 1 aliphatic rings. The van der Waals surface area contributed by atoms with Gasteiger partial charge in [-0.15, -0.1) is 0 Å². The third kappa shape index (κ3) is 8.40. The molecule has 0 amide bonds. The number of likely N-dealkylation sites (N-methyl/N-ethyl adjacent to an activating group) is 1. The fraction of sp³-hybridized carbons (Fsp3) is 0.409. The number of halogens is 1. The molecule has 3 rings (SSSR count). The number of hydrogen-bond donors (Lipinski definition) is 2. The molecular formula is C22H31ClN2O3. The van der Waals surface area contributed by atoms with Gasteiger partial charge in [0.2, 0.25) is 0 Å². The summed E-state index contributed by atoms with van der Waals surface area (Å²) < 4.78 is 0. The van der Waals surface area contributed by atoms with Gasteiger partial charge in [-0.3, -0.25) is 9.69 Å². The Balaban J connectivity index is 0.000000583. The van der Waals surface area contributed by atoms with Gasteiger partial charge in [0.15, 0.2) is 0 Å². The quantitative estimate of drug-likeness (QED) is 0.812. The highest BCUT2D eigenvalue weighted by Gasteiger charge is 2.24. The number of benzene rings is 2. The van der Waals surface area contributed by atoms with Gasteiger partial charge in [0, 0.05) is 38.7 Å². The van der Waals surface area contributed by atoms with E-state index in [9.17, 15) is 0 Å². The Bertz CT molecular complexity index is 676. The molecular weight excluding hydrogens is 376 g/mol. The van der Waals surface area contributed by atoms with Gasteiger partial charge in [-0.05, 0) is 43.3 Å². The zero-order valence-corrected chi connectivity index (χ0v) is 17.6. The Morgan fingerprint density at radius 2 is 1.46 bits per heavy atom. The van der Waals surface area contributed by atoms with E-state index < -0.39 is 5.97 Å². The predicted molar refractivity (Wildman–Crippen MR) is 115 cm³/mol. The standard InChI is InChI=1S/C19H23ClN2.C2H4O2.CH4O/c1-21-12-5-13-22(15-14-21)19(16-6-3-2-4-7-16)17-8-10-18(20)11-9-17;1-2(3)4;1-2/h2-4,6-11,19H,5,12-15H2,1H3;1H3,(H,3,4);2H,1H3. The lowest BCUT2D eigenvalue weighted by Gasteiger charge is -2.31. The fourth-order valence-electron chi connectivity index (χ4n) is 3.22. The molecule has 0 aromatic heterocycles. The zero-order chi connectivity index (χ0) is 20.9. The van der Waals surface area contributed by atoms with Crippen LogP contribution in [0.15, 0.2) is 54.6 Å². The summed E-state index contributed by atoms with van der Waals surface area (Å²) >= 11 is 6.07. The minimum absolute atomic E-state index is 0.310. The molecule has 1 saturated heterocycles. The molecule has 0 bridgehead atoms. The van der Waals surface area contributed by atoms with Crippen LogP contribution < -0.4 is 0 Å². The van der Waals surface area contributed by atoms with Crippen LogP contribution in [0.1, 0.15) is 30.5 Å². The number of nitrogens with zero attached hydrogens (tertiary/aromatic N) is 2. The van der Waals surface area contributed by atoms with E-state index in [-0.39, 0.29) is 0 Å². The number of aliphatic hydroxyl groups is 1. The second-order valence-corrected chi connectivity index (χ2v) is 7.01. The van der Waals surface area contributed by atoms with Crippen LogP contribution in [0.5, 0.6) is 0 Å². The van der Waals surface area contributed by atoms with Crippen LogP contribution in [-0.4, -0.2) is 66.3 Å². The maximum absolute atomic E-state index is 9.00. The van der Waals surface area contributed by atoms with Crippen LogP contribution in [0.3, 0.4) is 0 Å². The molecule has 0 radical (unpaired) electrons. The van der Waals surface area contributed by atoms with Crippen molar-refractivity contribution in [3.05, 3.63) is 70.7 Å². The van der Waals surface area contributed by atoms with E-state index in [1.807, 2.05) is 12.1 Å². The summed E-state index contributed by atoms with van der Waals surface area (Å²) in [5.41, 5.74) is 2.68. The summed E-state index contributed by atoms with van der Waals surface area (Å²) in [4.78, 5) is 14.0. The molecule has 154 valence electrons. The third-order valence-electron chi connectivity index (χ3n) is 4.42. The molecule has 1 fully saturated rings. The highest BCUT2D eigenvalue weighted by molar-refractivity contribution is 6.30. The van der Waals surface area contributed by atoms with E-state index in [1.54, 1.807) is 0 Å². The molecule has 1 aliphatic heterocycles. The Labute approximate surface area is 173 Å². The van der Waals surface area contributed by atoms with Crippen molar-refractivity contribution in [3.63, 3.8) is 0 Å². The summed E-state index contributed by atoms with van der Waals surface area (Å²) in [6, 6.07) is 19.4. The van der Waals surface area contributed by atoms with Crippen molar-refractivity contribution in [1.82, 2.24) is 9.80 Å². The number of rotatable bonds is 3. The number of hydrogen-bond acceptors (Lipinski definition) is 4. The molecule has 0 saturated carbocycles. The van der Waals surface area contributed by atoms with E-state index >= 15 is 0 Å². The lowest BCUT2D eigenvalue weighted by Crippen LogP contribution is -2.33. The zero-order valence-electron chi connectivity index (χ0n) is 16.9. The topological polar surface area (TPSA) is 64.0 Å². The lowest BCUT2D eigenvalue weighted by molar-refractivity contribution is -0.134. The van der Waals surface area contributed by atoms with Gasteiger partial charge in [0.1, 0.15) is 0 Å². The first-order chi connectivity index (χ1) is 13.5. The minimum atomic E-state index is -0.833. The Morgan fingerprint density at radius 3 is 2.04 bits per heavy atom. The van der Waals surface area contributed by atoms with Gasteiger partial charge in [-0.25, -0.2) is 0 Å². The number of carbonyl (C=O) groups is 1. The molecule has 1 atom stereocenters. The number of aliphatic carboxylic acids is 1. The molecule has 2 aromatic carbocycles. The van der Waals surface area contributed by atoms with E-state index in [0.717, 1.165) is 38.7 Å². The van der Waals surface area contributed by atoms with Crippen LogP contribution in [-0.2, 0) is 4.79 Å². The summed E-state index contributed by atoms with van der Waals surface area (Å²) in [7, 11) is 3.21. The van der Waals surface area contributed by atoms with Crippen molar-refractivity contribution < 1.29 is 15.0 Å². The molecule has 0 spiro atoms. The van der Waals surface area contributed by atoms with E-state index in [1.165, 1.54) is 24.1 Å². The predicted octanol–water partition coefficient (Wildman–Crippen LogP) is 3.77. The highest BCUT2D eigenvalue weighted by atomic mass is 35.5. The molecule has 0 aliphatic carbocycles. The first-order valence-corrected chi connectivity index (χ1v) is 9.72. The maximum atomic E-state index is 9.00. The van der Waals surface area contributed by atoms with Crippen LogP contribution in [0, 0.1) is 0 Å². The van der Waals surface area contributed by atoms with Crippen molar-refractivity contribution in [3.8, 4) is 0 Å². The normalized spacial score (nSPS) is 15.9. The van der Waals surface area contributed by atoms with Gasteiger partial charge in [-0.1, -0.05) is 54.1 Å². The monoisotopic (exact) mass is 406 g/mol. The van der Waals surface area contributed by atoms with Gasteiger partial charge in [-0.2, -0.15) is 0 Å². The highest BCUT2D eigenvalue weighted by Crippen LogP contribution is 2.30. The van der Waals surface area contributed by atoms with E-state index in [0.29, 0.717) is 6.04 Å². The average Bonchev–Trinajstić information content (AvgIpc) is 2.90.